The van der Waals surface area contributed by atoms with Gasteiger partial charge in [0, 0.05) is 43.6 Å². The lowest BCUT2D eigenvalue weighted by atomic mass is 10.2. The maximum absolute atomic E-state index is 11.8. The Bertz CT molecular complexity index is 719. The third-order valence-electron chi connectivity index (χ3n) is 4.35. The Kier molecular flexibility index (Phi) is 5.15. The first kappa shape index (κ1) is 16.5. The summed E-state index contributed by atoms with van der Waals surface area (Å²) in [5, 5.41) is 9.13. The number of rotatable bonds is 5. The second-order valence-electron chi connectivity index (χ2n) is 6.11. The molecule has 0 aliphatic carbocycles. The molecular weight excluding hydrogens is 304 g/mol. The van der Waals surface area contributed by atoms with E-state index in [2.05, 4.69) is 26.7 Å². The van der Waals surface area contributed by atoms with Crippen LogP contribution < -0.4 is 15.4 Å². The first-order valence-electron chi connectivity index (χ1n) is 8.49. The summed E-state index contributed by atoms with van der Waals surface area (Å²) in [6.07, 6.45) is 1.81. The number of hydrogen-bond acceptors (Lipinski definition) is 5. The molecule has 0 spiro atoms. The Morgan fingerprint density at radius 1 is 1.12 bits per heavy atom. The number of aliphatic hydroxyl groups excluding tert-OH is 1. The molecule has 1 aliphatic rings. The second-order valence-corrected chi connectivity index (χ2v) is 6.11. The van der Waals surface area contributed by atoms with Gasteiger partial charge in [0.2, 0.25) is 5.95 Å². The average molecular weight is 328 g/mol. The average Bonchev–Trinajstić information content (AvgIpc) is 2.62. The molecule has 0 radical (unpaired) electrons. The van der Waals surface area contributed by atoms with Crippen LogP contribution in [-0.2, 0) is 13.0 Å². The van der Waals surface area contributed by atoms with E-state index >= 15 is 0 Å². The number of aromatic nitrogens is 2. The summed E-state index contributed by atoms with van der Waals surface area (Å²) in [6, 6.07) is 9.59. The van der Waals surface area contributed by atoms with E-state index in [0.717, 1.165) is 56.0 Å². The molecule has 1 aliphatic heterocycles. The molecule has 128 valence electrons. The molecule has 1 aromatic heterocycles. The summed E-state index contributed by atoms with van der Waals surface area (Å²) in [7, 11) is 0. The zero-order chi connectivity index (χ0) is 16.9. The van der Waals surface area contributed by atoms with Crippen molar-refractivity contribution in [3.05, 3.63) is 51.9 Å². The maximum Gasteiger partial charge on any atom is 0.252 e. The fourth-order valence-electron chi connectivity index (χ4n) is 3.02. The molecule has 24 heavy (non-hydrogen) atoms. The Balaban J connectivity index is 1.67. The summed E-state index contributed by atoms with van der Waals surface area (Å²) in [5.41, 5.74) is 2.86. The zero-order valence-corrected chi connectivity index (χ0v) is 14.0. The molecule has 0 bridgehead atoms. The molecule has 3 rings (SSSR count). The van der Waals surface area contributed by atoms with E-state index in [1.807, 2.05) is 24.3 Å². The Labute approximate surface area is 141 Å². The van der Waals surface area contributed by atoms with Crippen molar-refractivity contribution in [2.45, 2.75) is 26.4 Å². The number of aromatic amines is 1. The van der Waals surface area contributed by atoms with Crippen LogP contribution in [0.5, 0.6) is 0 Å². The monoisotopic (exact) mass is 328 g/mol. The van der Waals surface area contributed by atoms with Crippen LogP contribution in [0.4, 0.5) is 11.6 Å². The number of nitrogens with zero attached hydrogens (tertiary/aromatic N) is 3. The molecule has 1 aromatic carbocycles. The molecule has 2 aromatic rings. The minimum absolute atomic E-state index is 0.0706. The quantitative estimate of drug-likeness (QED) is 0.871. The van der Waals surface area contributed by atoms with Gasteiger partial charge in [0.1, 0.15) is 0 Å². The molecular formula is C18H24N4O2. The van der Waals surface area contributed by atoms with Crippen molar-refractivity contribution < 1.29 is 5.11 Å². The van der Waals surface area contributed by atoms with Crippen LogP contribution in [0.3, 0.4) is 0 Å². The lowest BCUT2D eigenvalue weighted by Crippen LogP contribution is -2.47. The molecule has 2 N–H and O–H groups in total. The van der Waals surface area contributed by atoms with Crippen LogP contribution in [0, 0.1) is 0 Å². The molecule has 6 heteroatoms. The number of aliphatic hydroxyl groups is 1. The van der Waals surface area contributed by atoms with Gasteiger partial charge in [-0.2, -0.15) is 0 Å². The lowest BCUT2D eigenvalue weighted by molar-refractivity contribution is 0.282. The van der Waals surface area contributed by atoms with Gasteiger partial charge < -0.3 is 14.9 Å². The number of H-pyrrole nitrogens is 1. The van der Waals surface area contributed by atoms with Gasteiger partial charge in [-0.15, -0.1) is 0 Å². The molecule has 2 heterocycles. The van der Waals surface area contributed by atoms with Crippen molar-refractivity contribution in [2.24, 2.45) is 0 Å². The number of nitrogens with one attached hydrogen (secondary N) is 1. The Hall–Kier alpha value is -2.34. The molecule has 0 atom stereocenters. The third-order valence-corrected chi connectivity index (χ3v) is 4.35. The van der Waals surface area contributed by atoms with Gasteiger partial charge >= 0.3 is 0 Å². The number of hydrogen-bond donors (Lipinski definition) is 2. The van der Waals surface area contributed by atoms with Crippen molar-refractivity contribution in [3.8, 4) is 0 Å². The van der Waals surface area contributed by atoms with Crippen LogP contribution in [0.2, 0.25) is 0 Å². The van der Waals surface area contributed by atoms with Gasteiger partial charge in [-0.25, -0.2) is 4.98 Å². The normalized spacial score (nSPS) is 14.9. The first-order chi connectivity index (χ1) is 11.7. The summed E-state index contributed by atoms with van der Waals surface area (Å²) in [6.45, 7) is 5.55. The predicted octanol–water partition coefficient (Wildman–Crippen LogP) is 1.54. The van der Waals surface area contributed by atoms with E-state index in [9.17, 15) is 4.79 Å². The number of piperazine rings is 1. The van der Waals surface area contributed by atoms with Gasteiger partial charge in [-0.1, -0.05) is 25.5 Å². The summed E-state index contributed by atoms with van der Waals surface area (Å²) >= 11 is 0. The summed E-state index contributed by atoms with van der Waals surface area (Å²) in [5.74, 6) is 0.682. The van der Waals surface area contributed by atoms with E-state index in [1.165, 1.54) is 0 Å². The highest BCUT2D eigenvalue weighted by molar-refractivity contribution is 5.49. The minimum Gasteiger partial charge on any atom is -0.392 e. The molecule has 0 amide bonds. The fourth-order valence-corrected chi connectivity index (χ4v) is 3.02. The van der Waals surface area contributed by atoms with Crippen molar-refractivity contribution in [1.29, 1.82) is 0 Å². The highest BCUT2D eigenvalue weighted by atomic mass is 16.3. The topological polar surface area (TPSA) is 72.5 Å². The summed E-state index contributed by atoms with van der Waals surface area (Å²) < 4.78 is 0. The smallest absolute Gasteiger partial charge is 0.252 e. The standard InChI is InChI=1S/C18H24N4O2/c1-2-3-15-12-17(24)20-18(19-15)22-10-8-21(9-11-22)16-6-4-14(13-23)5-7-16/h4-7,12,23H,2-3,8-11,13H2,1H3,(H,19,20,24). The molecule has 6 nitrogen and oxygen atoms in total. The SMILES string of the molecule is CCCc1cc(=O)[nH]c(N2CCN(c3ccc(CO)cc3)CC2)n1. The second kappa shape index (κ2) is 7.49. The fraction of sp³-hybridized carbons (Fsp3) is 0.444. The Morgan fingerprint density at radius 3 is 2.42 bits per heavy atom. The van der Waals surface area contributed by atoms with Crippen molar-refractivity contribution in [2.75, 3.05) is 36.0 Å². The van der Waals surface area contributed by atoms with Crippen LogP contribution >= 0.6 is 0 Å². The molecule has 1 fully saturated rings. The largest absolute Gasteiger partial charge is 0.392 e. The van der Waals surface area contributed by atoms with E-state index < -0.39 is 0 Å². The minimum atomic E-state index is -0.0783. The van der Waals surface area contributed by atoms with Crippen LogP contribution in [-0.4, -0.2) is 41.3 Å². The number of aryl methyl sites for hydroxylation is 1. The summed E-state index contributed by atoms with van der Waals surface area (Å²) in [4.78, 5) is 23.7. The van der Waals surface area contributed by atoms with E-state index in [-0.39, 0.29) is 12.2 Å². The van der Waals surface area contributed by atoms with Crippen molar-refractivity contribution >= 4 is 11.6 Å². The van der Waals surface area contributed by atoms with E-state index in [1.54, 1.807) is 6.07 Å². The van der Waals surface area contributed by atoms with Gasteiger partial charge in [0.25, 0.3) is 5.56 Å². The van der Waals surface area contributed by atoms with Crippen molar-refractivity contribution in [3.63, 3.8) is 0 Å². The van der Waals surface area contributed by atoms with Crippen LogP contribution in [0.1, 0.15) is 24.6 Å². The Morgan fingerprint density at radius 2 is 1.79 bits per heavy atom. The first-order valence-corrected chi connectivity index (χ1v) is 8.49. The molecule has 0 unspecified atom stereocenters. The van der Waals surface area contributed by atoms with Gasteiger partial charge in [0.05, 0.1) is 6.61 Å². The third kappa shape index (κ3) is 3.76. The van der Waals surface area contributed by atoms with Crippen molar-refractivity contribution in [1.82, 2.24) is 9.97 Å². The van der Waals surface area contributed by atoms with E-state index in [4.69, 9.17) is 5.11 Å². The highest BCUT2D eigenvalue weighted by Crippen LogP contribution is 2.19. The predicted molar refractivity (Wildman–Crippen MR) is 95.6 cm³/mol. The van der Waals surface area contributed by atoms with Crippen LogP contribution in [0.25, 0.3) is 0 Å². The van der Waals surface area contributed by atoms with Gasteiger partial charge in [-0.05, 0) is 24.1 Å². The van der Waals surface area contributed by atoms with E-state index in [0.29, 0.717) is 5.95 Å². The molecule has 1 saturated heterocycles. The van der Waals surface area contributed by atoms with Crippen LogP contribution in [0.15, 0.2) is 35.1 Å². The highest BCUT2D eigenvalue weighted by Gasteiger charge is 2.19. The molecule has 0 saturated carbocycles. The van der Waals surface area contributed by atoms with Gasteiger partial charge in [0.15, 0.2) is 0 Å². The maximum atomic E-state index is 11.8. The number of benzene rings is 1. The zero-order valence-electron chi connectivity index (χ0n) is 14.0. The lowest BCUT2D eigenvalue weighted by Gasteiger charge is -2.36. The number of anilines is 2. The van der Waals surface area contributed by atoms with Gasteiger partial charge in [-0.3, -0.25) is 9.78 Å².